The molecule has 24 heavy (non-hydrogen) atoms. The third-order valence-electron chi connectivity index (χ3n) is 3.44. The van der Waals surface area contributed by atoms with Crippen molar-refractivity contribution in [3.05, 3.63) is 54.1 Å². The van der Waals surface area contributed by atoms with Crippen LogP contribution in [0.1, 0.15) is 12.5 Å². The molecule has 0 unspecified atom stereocenters. The third-order valence-corrected chi connectivity index (χ3v) is 4.98. The molecule has 2 aromatic rings. The summed E-state index contributed by atoms with van der Waals surface area (Å²) in [6, 6.07) is 12.5. The standard InChI is InChI=1S/C17H20N2O4S/c1-12-11-15(9-10-16(12)23-3)24(21,22)19-13(2)17(20)18-14-7-5-4-6-8-14/h4-11,13,19H,1-3H3,(H,18,20)/t13-/m1/s1. The van der Waals surface area contributed by atoms with Crippen molar-refractivity contribution in [2.45, 2.75) is 24.8 Å². The summed E-state index contributed by atoms with van der Waals surface area (Å²) in [6.07, 6.45) is 0. The highest BCUT2D eigenvalue weighted by Gasteiger charge is 2.22. The Labute approximate surface area is 141 Å². The fourth-order valence-electron chi connectivity index (χ4n) is 2.14. The molecule has 0 radical (unpaired) electrons. The quantitative estimate of drug-likeness (QED) is 0.839. The second-order valence-corrected chi connectivity index (χ2v) is 7.04. The van der Waals surface area contributed by atoms with Crippen molar-refractivity contribution in [1.29, 1.82) is 0 Å². The number of sulfonamides is 1. The third kappa shape index (κ3) is 4.33. The summed E-state index contributed by atoms with van der Waals surface area (Å²) in [5.41, 5.74) is 1.30. The molecule has 0 aromatic heterocycles. The molecule has 0 spiro atoms. The average molecular weight is 348 g/mol. The van der Waals surface area contributed by atoms with Gasteiger partial charge in [0.2, 0.25) is 15.9 Å². The molecule has 128 valence electrons. The molecule has 2 rings (SSSR count). The molecule has 0 fully saturated rings. The number of aryl methyl sites for hydroxylation is 1. The number of methoxy groups -OCH3 is 1. The van der Waals surface area contributed by atoms with Crippen molar-refractivity contribution in [1.82, 2.24) is 4.72 Å². The van der Waals surface area contributed by atoms with E-state index in [-0.39, 0.29) is 4.90 Å². The van der Waals surface area contributed by atoms with Crippen LogP contribution in [0.5, 0.6) is 5.75 Å². The number of hydrogen-bond acceptors (Lipinski definition) is 4. The fraction of sp³-hybridized carbons (Fsp3) is 0.235. The van der Waals surface area contributed by atoms with E-state index in [1.165, 1.54) is 26.2 Å². The fourth-order valence-corrected chi connectivity index (χ4v) is 3.43. The molecule has 1 amide bonds. The van der Waals surface area contributed by atoms with Crippen LogP contribution in [0.2, 0.25) is 0 Å². The summed E-state index contributed by atoms with van der Waals surface area (Å²) in [5, 5.41) is 2.66. The molecule has 0 saturated carbocycles. The minimum atomic E-state index is -3.81. The van der Waals surface area contributed by atoms with Crippen LogP contribution in [0.25, 0.3) is 0 Å². The van der Waals surface area contributed by atoms with Gasteiger partial charge in [-0.1, -0.05) is 18.2 Å². The number of hydrogen-bond donors (Lipinski definition) is 2. The minimum Gasteiger partial charge on any atom is -0.496 e. The molecule has 0 aliphatic rings. The smallest absolute Gasteiger partial charge is 0.242 e. The van der Waals surface area contributed by atoms with E-state index in [0.717, 1.165) is 0 Å². The van der Waals surface area contributed by atoms with E-state index < -0.39 is 22.0 Å². The van der Waals surface area contributed by atoms with E-state index in [4.69, 9.17) is 4.74 Å². The summed E-state index contributed by atoms with van der Waals surface area (Å²) >= 11 is 0. The van der Waals surface area contributed by atoms with Gasteiger partial charge in [-0.25, -0.2) is 8.42 Å². The average Bonchev–Trinajstić information content (AvgIpc) is 2.55. The van der Waals surface area contributed by atoms with Gasteiger partial charge in [0.05, 0.1) is 18.0 Å². The number of rotatable bonds is 6. The number of para-hydroxylation sites is 1. The van der Waals surface area contributed by atoms with Gasteiger partial charge in [-0.2, -0.15) is 4.72 Å². The number of ether oxygens (including phenoxy) is 1. The van der Waals surface area contributed by atoms with Crippen LogP contribution < -0.4 is 14.8 Å². The van der Waals surface area contributed by atoms with Gasteiger partial charge in [0, 0.05) is 5.69 Å². The van der Waals surface area contributed by atoms with Crippen molar-refractivity contribution in [2.75, 3.05) is 12.4 Å². The molecule has 0 heterocycles. The number of benzene rings is 2. The molecule has 1 atom stereocenters. The maximum atomic E-state index is 12.4. The van der Waals surface area contributed by atoms with Crippen LogP contribution in [0, 0.1) is 6.92 Å². The van der Waals surface area contributed by atoms with Crippen molar-refractivity contribution in [2.24, 2.45) is 0 Å². The predicted octanol–water partition coefficient (Wildman–Crippen LogP) is 2.31. The summed E-state index contributed by atoms with van der Waals surface area (Å²) in [5.74, 6) is 0.166. The zero-order valence-electron chi connectivity index (χ0n) is 13.7. The molecule has 0 aliphatic carbocycles. The van der Waals surface area contributed by atoms with Crippen LogP contribution in [-0.4, -0.2) is 27.5 Å². The molecular weight excluding hydrogens is 328 g/mol. The Bertz CT molecular complexity index is 820. The Morgan fingerprint density at radius 2 is 1.79 bits per heavy atom. The first-order chi connectivity index (χ1) is 11.3. The van der Waals surface area contributed by atoms with Crippen molar-refractivity contribution < 1.29 is 17.9 Å². The molecule has 2 N–H and O–H groups in total. The molecule has 2 aromatic carbocycles. The Morgan fingerprint density at radius 1 is 1.12 bits per heavy atom. The van der Waals surface area contributed by atoms with Crippen molar-refractivity contribution in [3.8, 4) is 5.75 Å². The molecule has 6 nitrogen and oxygen atoms in total. The normalized spacial score (nSPS) is 12.5. The van der Waals surface area contributed by atoms with Crippen LogP contribution in [0.3, 0.4) is 0 Å². The van der Waals surface area contributed by atoms with Crippen molar-refractivity contribution >= 4 is 21.6 Å². The van der Waals surface area contributed by atoms with E-state index in [1.54, 1.807) is 37.3 Å². The van der Waals surface area contributed by atoms with Gasteiger partial charge in [-0.3, -0.25) is 4.79 Å². The summed E-state index contributed by atoms with van der Waals surface area (Å²) < 4.78 is 32.3. The first-order valence-electron chi connectivity index (χ1n) is 7.36. The van der Waals surface area contributed by atoms with Crippen molar-refractivity contribution in [3.63, 3.8) is 0 Å². The van der Waals surface area contributed by atoms with Crippen LogP contribution >= 0.6 is 0 Å². The maximum Gasteiger partial charge on any atom is 0.242 e. The van der Waals surface area contributed by atoms with Gasteiger partial charge in [-0.05, 0) is 49.7 Å². The summed E-state index contributed by atoms with van der Waals surface area (Å²) in [7, 11) is -2.29. The zero-order chi connectivity index (χ0) is 17.7. The van der Waals surface area contributed by atoms with E-state index >= 15 is 0 Å². The largest absolute Gasteiger partial charge is 0.496 e. The Morgan fingerprint density at radius 3 is 2.38 bits per heavy atom. The lowest BCUT2D eigenvalue weighted by Crippen LogP contribution is -2.41. The van der Waals surface area contributed by atoms with Crippen LogP contribution in [-0.2, 0) is 14.8 Å². The monoisotopic (exact) mass is 348 g/mol. The number of carbonyl (C=O) groups excluding carboxylic acids is 1. The zero-order valence-corrected chi connectivity index (χ0v) is 14.6. The second kappa shape index (κ2) is 7.46. The highest BCUT2D eigenvalue weighted by atomic mass is 32.2. The summed E-state index contributed by atoms with van der Waals surface area (Å²) in [6.45, 7) is 3.25. The first-order valence-corrected chi connectivity index (χ1v) is 8.84. The Hall–Kier alpha value is -2.38. The minimum absolute atomic E-state index is 0.0835. The molecule has 0 bridgehead atoms. The lowest BCUT2D eigenvalue weighted by molar-refractivity contribution is -0.117. The van der Waals surface area contributed by atoms with Gasteiger partial charge >= 0.3 is 0 Å². The second-order valence-electron chi connectivity index (χ2n) is 5.33. The number of nitrogens with one attached hydrogen (secondary N) is 2. The number of amides is 1. The van der Waals surface area contributed by atoms with Gasteiger partial charge in [-0.15, -0.1) is 0 Å². The van der Waals surface area contributed by atoms with E-state index in [0.29, 0.717) is 17.0 Å². The Kier molecular flexibility index (Phi) is 5.58. The maximum absolute atomic E-state index is 12.4. The van der Waals surface area contributed by atoms with Gasteiger partial charge in [0.25, 0.3) is 0 Å². The molecule has 0 aliphatic heterocycles. The van der Waals surface area contributed by atoms with Gasteiger partial charge in [0.1, 0.15) is 5.75 Å². The molecular formula is C17H20N2O4S. The van der Waals surface area contributed by atoms with E-state index in [2.05, 4.69) is 10.0 Å². The van der Waals surface area contributed by atoms with E-state index in [9.17, 15) is 13.2 Å². The SMILES string of the molecule is COc1ccc(S(=O)(=O)N[C@H](C)C(=O)Nc2ccccc2)cc1C. The lowest BCUT2D eigenvalue weighted by atomic mass is 10.2. The first kappa shape index (κ1) is 18.0. The Balaban J connectivity index is 2.10. The highest BCUT2D eigenvalue weighted by Crippen LogP contribution is 2.21. The summed E-state index contributed by atoms with van der Waals surface area (Å²) in [4.78, 5) is 12.2. The molecule has 0 saturated heterocycles. The molecule has 7 heteroatoms. The number of carbonyl (C=O) groups is 1. The lowest BCUT2D eigenvalue weighted by Gasteiger charge is -2.15. The number of anilines is 1. The topological polar surface area (TPSA) is 84.5 Å². The predicted molar refractivity (Wildman–Crippen MR) is 92.6 cm³/mol. The van der Waals surface area contributed by atoms with E-state index in [1.807, 2.05) is 6.07 Å². The van der Waals surface area contributed by atoms with Gasteiger partial charge < -0.3 is 10.1 Å². The van der Waals surface area contributed by atoms with Gasteiger partial charge in [0.15, 0.2) is 0 Å². The highest BCUT2D eigenvalue weighted by molar-refractivity contribution is 7.89. The van der Waals surface area contributed by atoms with Crippen LogP contribution in [0.4, 0.5) is 5.69 Å². The van der Waals surface area contributed by atoms with Crippen LogP contribution in [0.15, 0.2) is 53.4 Å².